The molecule has 3 rings (SSSR count). The van der Waals surface area contributed by atoms with Crippen LogP contribution in [-0.4, -0.2) is 36.0 Å². The van der Waals surface area contributed by atoms with Crippen molar-refractivity contribution in [3.05, 3.63) is 65.7 Å². The molecule has 2 aromatic carbocycles. The van der Waals surface area contributed by atoms with Crippen LogP contribution in [0.5, 0.6) is 5.75 Å². The Kier molecular flexibility index (Phi) is 5.73. The number of nitrogens with one attached hydrogen (secondary N) is 1. The molecule has 0 aromatic heterocycles. The van der Waals surface area contributed by atoms with E-state index in [0.717, 1.165) is 24.2 Å². The van der Waals surface area contributed by atoms with Crippen LogP contribution in [0.1, 0.15) is 28.8 Å². The molecule has 0 saturated carbocycles. The molecule has 1 fully saturated rings. The minimum absolute atomic E-state index is 0.0255. The number of ether oxygens (including phenoxy) is 1. The molecular formula is C20H23N3O3. The van der Waals surface area contributed by atoms with E-state index in [2.05, 4.69) is 5.32 Å². The van der Waals surface area contributed by atoms with Gasteiger partial charge in [0, 0.05) is 38.0 Å². The molecule has 1 heterocycles. The number of para-hydroxylation sites is 1. The standard InChI is InChI=1S/C20H23N3O3/c21-20(25)22-14-15-6-8-16(9-7-15)19(24)23-12-10-18(11-13-23)26-17-4-2-1-3-5-17/h1-9,18H,10-14H2,(H3,21,22,25). The monoisotopic (exact) mass is 353 g/mol. The van der Waals surface area contributed by atoms with Gasteiger partial charge in [-0.2, -0.15) is 0 Å². The fourth-order valence-electron chi connectivity index (χ4n) is 3.01. The molecule has 0 bridgehead atoms. The fourth-order valence-corrected chi connectivity index (χ4v) is 3.01. The van der Waals surface area contributed by atoms with Crippen molar-refractivity contribution in [3.63, 3.8) is 0 Å². The Labute approximate surface area is 152 Å². The highest BCUT2D eigenvalue weighted by Gasteiger charge is 2.24. The van der Waals surface area contributed by atoms with Gasteiger partial charge in [0.1, 0.15) is 11.9 Å². The number of hydrogen-bond donors (Lipinski definition) is 2. The second kappa shape index (κ2) is 8.38. The van der Waals surface area contributed by atoms with Crippen LogP contribution in [0.2, 0.25) is 0 Å². The lowest BCUT2D eigenvalue weighted by Gasteiger charge is -2.32. The zero-order valence-electron chi connectivity index (χ0n) is 14.6. The summed E-state index contributed by atoms with van der Waals surface area (Å²) in [5, 5.41) is 2.53. The van der Waals surface area contributed by atoms with Crippen molar-refractivity contribution in [2.24, 2.45) is 5.73 Å². The third-order valence-corrected chi connectivity index (χ3v) is 4.44. The van der Waals surface area contributed by atoms with Crippen molar-refractivity contribution in [1.29, 1.82) is 0 Å². The number of primary amides is 1. The van der Waals surface area contributed by atoms with Crippen LogP contribution in [-0.2, 0) is 6.54 Å². The summed E-state index contributed by atoms with van der Waals surface area (Å²) in [4.78, 5) is 25.2. The molecule has 6 heteroatoms. The molecule has 1 saturated heterocycles. The summed E-state index contributed by atoms with van der Waals surface area (Å²) in [6.07, 6.45) is 1.78. The number of carbonyl (C=O) groups excluding carboxylic acids is 2. The Morgan fingerprint density at radius 2 is 1.69 bits per heavy atom. The van der Waals surface area contributed by atoms with Gasteiger partial charge in [-0.25, -0.2) is 4.79 Å². The molecule has 0 unspecified atom stereocenters. The van der Waals surface area contributed by atoms with Gasteiger partial charge in [-0.15, -0.1) is 0 Å². The zero-order chi connectivity index (χ0) is 18.4. The normalized spacial score (nSPS) is 14.7. The van der Waals surface area contributed by atoms with E-state index < -0.39 is 6.03 Å². The summed E-state index contributed by atoms with van der Waals surface area (Å²) < 4.78 is 5.97. The third kappa shape index (κ3) is 4.75. The van der Waals surface area contributed by atoms with E-state index in [9.17, 15) is 9.59 Å². The first-order valence-corrected chi connectivity index (χ1v) is 8.75. The van der Waals surface area contributed by atoms with E-state index in [1.54, 1.807) is 12.1 Å². The second-order valence-corrected chi connectivity index (χ2v) is 6.34. The average molecular weight is 353 g/mol. The van der Waals surface area contributed by atoms with E-state index in [1.165, 1.54) is 0 Å². The van der Waals surface area contributed by atoms with Crippen molar-refractivity contribution >= 4 is 11.9 Å². The number of nitrogens with zero attached hydrogens (tertiary/aromatic N) is 1. The van der Waals surface area contributed by atoms with Crippen molar-refractivity contribution in [2.45, 2.75) is 25.5 Å². The van der Waals surface area contributed by atoms with Gasteiger partial charge in [-0.1, -0.05) is 30.3 Å². The first-order valence-electron chi connectivity index (χ1n) is 8.75. The van der Waals surface area contributed by atoms with Gasteiger partial charge in [0.25, 0.3) is 5.91 Å². The Bertz CT molecular complexity index is 739. The number of hydrogen-bond acceptors (Lipinski definition) is 3. The lowest BCUT2D eigenvalue weighted by molar-refractivity contribution is 0.0595. The van der Waals surface area contributed by atoms with Gasteiger partial charge in [-0.05, 0) is 29.8 Å². The third-order valence-electron chi connectivity index (χ3n) is 4.44. The molecule has 1 aliphatic heterocycles. The zero-order valence-corrected chi connectivity index (χ0v) is 14.6. The van der Waals surface area contributed by atoms with Crippen LogP contribution < -0.4 is 15.8 Å². The summed E-state index contributed by atoms with van der Waals surface area (Å²) in [6.45, 7) is 1.72. The first kappa shape index (κ1) is 17.8. The van der Waals surface area contributed by atoms with Crippen molar-refractivity contribution in [3.8, 4) is 5.75 Å². The first-order chi connectivity index (χ1) is 12.6. The van der Waals surface area contributed by atoms with Crippen LogP contribution in [0.25, 0.3) is 0 Å². The van der Waals surface area contributed by atoms with Crippen LogP contribution >= 0.6 is 0 Å². The largest absolute Gasteiger partial charge is 0.490 e. The summed E-state index contributed by atoms with van der Waals surface area (Å²) in [5.74, 6) is 0.898. The van der Waals surface area contributed by atoms with Crippen molar-refractivity contribution in [2.75, 3.05) is 13.1 Å². The highest BCUT2D eigenvalue weighted by molar-refractivity contribution is 5.94. The minimum Gasteiger partial charge on any atom is -0.490 e. The Morgan fingerprint density at radius 1 is 1.04 bits per heavy atom. The van der Waals surface area contributed by atoms with E-state index in [4.69, 9.17) is 10.5 Å². The maximum Gasteiger partial charge on any atom is 0.312 e. The van der Waals surface area contributed by atoms with E-state index in [0.29, 0.717) is 25.2 Å². The summed E-state index contributed by atoms with van der Waals surface area (Å²) in [6, 6.07) is 16.4. The van der Waals surface area contributed by atoms with Gasteiger partial charge in [0.05, 0.1) is 0 Å². The van der Waals surface area contributed by atoms with E-state index >= 15 is 0 Å². The quantitative estimate of drug-likeness (QED) is 0.866. The molecule has 0 spiro atoms. The molecule has 3 amide bonds. The highest BCUT2D eigenvalue weighted by Crippen LogP contribution is 2.20. The smallest absolute Gasteiger partial charge is 0.312 e. The highest BCUT2D eigenvalue weighted by atomic mass is 16.5. The fraction of sp³-hybridized carbons (Fsp3) is 0.300. The molecule has 1 aliphatic rings. The topological polar surface area (TPSA) is 84.7 Å². The molecule has 2 aromatic rings. The molecule has 136 valence electrons. The number of benzene rings is 2. The number of piperidine rings is 1. The number of rotatable bonds is 5. The van der Waals surface area contributed by atoms with Crippen molar-refractivity contribution in [1.82, 2.24) is 10.2 Å². The molecule has 0 atom stereocenters. The molecular weight excluding hydrogens is 330 g/mol. The summed E-state index contributed by atoms with van der Waals surface area (Å²) in [7, 11) is 0. The predicted octanol–water partition coefficient (Wildman–Crippen LogP) is 2.54. The Hall–Kier alpha value is -3.02. The van der Waals surface area contributed by atoms with Crippen molar-refractivity contribution < 1.29 is 14.3 Å². The molecule has 6 nitrogen and oxygen atoms in total. The number of likely N-dealkylation sites (tertiary alicyclic amines) is 1. The lowest BCUT2D eigenvalue weighted by Crippen LogP contribution is -2.41. The maximum atomic E-state index is 12.6. The molecule has 26 heavy (non-hydrogen) atoms. The number of amides is 3. The van der Waals surface area contributed by atoms with Gasteiger partial charge in [0.2, 0.25) is 0 Å². The Morgan fingerprint density at radius 3 is 2.31 bits per heavy atom. The van der Waals surface area contributed by atoms with Crippen LogP contribution in [0.4, 0.5) is 4.79 Å². The number of urea groups is 1. The van der Waals surface area contributed by atoms with Gasteiger partial charge >= 0.3 is 6.03 Å². The number of nitrogens with two attached hydrogens (primary N) is 1. The predicted molar refractivity (Wildman–Crippen MR) is 98.9 cm³/mol. The second-order valence-electron chi connectivity index (χ2n) is 6.34. The van der Waals surface area contributed by atoms with Gasteiger partial charge < -0.3 is 20.7 Å². The molecule has 0 aliphatic carbocycles. The SMILES string of the molecule is NC(=O)NCc1ccc(C(=O)N2CCC(Oc3ccccc3)CC2)cc1. The summed E-state index contributed by atoms with van der Waals surface area (Å²) in [5.41, 5.74) is 6.60. The Balaban J connectivity index is 1.51. The van der Waals surface area contributed by atoms with Crippen LogP contribution in [0, 0.1) is 0 Å². The summed E-state index contributed by atoms with van der Waals surface area (Å²) >= 11 is 0. The molecule has 3 N–H and O–H groups in total. The van der Waals surface area contributed by atoms with Gasteiger partial charge in [-0.3, -0.25) is 4.79 Å². The van der Waals surface area contributed by atoms with E-state index in [-0.39, 0.29) is 12.0 Å². The lowest BCUT2D eigenvalue weighted by atomic mass is 10.1. The molecule has 0 radical (unpaired) electrons. The van der Waals surface area contributed by atoms with Crippen LogP contribution in [0.15, 0.2) is 54.6 Å². The van der Waals surface area contributed by atoms with E-state index in [1.807, 2.05) is 47.4 Å². The maximum absolute atomic E-state index is 12.6. The van der Waals surface area contributed by atoms with Gasteiger partial charge in [0.15, 0.2) is 0 Å². The average Bonchev–Trinajstić information content (AvgIpc) is 2.68. The van der Waals surface area contributed by atoms with Crippen LogP contribution in [0.3, 0.4) is 0 Å². The minimum atomic E-state index is -0.564. The number of carbonyl (C=O) groups is 2.